The summed E-state index contributed by atoms with van der Waals surface area (Å²) in [5.74, 6) is 0.0394. The van der Waals surface area contributed by atoms with Gasteiger partial charge < -0.3 is 10.2 Å². The van der Waals surface area contributed by atoms with Crippen LogP contribution in [-0.2, 0) is 18.3 Å². The molecule has 25 heavy (non-hydrogen) atoms. The zero-order valence-corrected chi connectivity index (χ0v) is 14.8. The third kappa shape index (κ3) is 4.07. The van der Waals surface area contributed by atoms with E-state index < -0.39 is 0 Å². The normalized spacial score (nSPS) is 13.9. The van der Waals surface area contributed by atoms with Crippen LogP contribution in [0.15, 0.2) is 30.5 Å². The summed E-state index contributed by atoms with van der Waals surface area (Å²) < 4.78 is 1.78. The van der Waals surface area contributed by atoms with Crippen molar-refractivity contribution in [2.75, 3.05) is 18.4 Å². The zero-order chi connectivity index (χ0) is 17.8. The van der Waals surface area contributed by atoms with Crippen molar-refractivity contribution in [2.45, 2.75) is 32.6 Å². The van der Waals surface area contributed by atoms with Crippen molar-refractivity contribution >= 4 is 17.5 Å². The summed E-state index contributed by atoms with van der Waals surface area (Å²) in [5, 5.41) is 7.03. The van der Waals surface area contributed by atoms with Crippen LogP contribution in [0.4, 0.5) is 5.69 Å². The molecule has 1 aromatic carbocycles. The minimum absolute atomic E-state index is 0.0390. The Kier molecular flexibility index (Phi) is 5.16. The second-order valence-electron chi connectivity index (χ2n) is 6.52. The molecule has 6 heteroatoms. The first kappa shape index (κ1) is 17.2. The fourth-order valence-electron chi connectivity index (χ4n) is 3.14. The topological polar surface area (TPSA) is 67.2 Å². The summed E-state index contributed by atoms with van der Waals surface area (Å²) in [6.07, 6.45) is 4.93. The summed E-state index contributed by atoms with van der Waals surface area (Å²) in [6, 6.07) is 7.39. The third-order valence-corrected chi connectivity index (χ3v) is 4.67. The molecule has 2 heterocycles. The number of anilines is 1. The van der Waals surface area contributed by atoms with Gasteiger partial charge in [-0.1, -0.05) is 0 Å². The maximum absolute atomic E-state index is 12.4. The average molecular weight is 340 g/mol. The highest BCUT2D eigenvalue weighted by Gasteiger charge is 2.20. The Bertz CT molecular complexity index is 775. The standard InChI is InChI=1S/C19H24N4O2/c1-14-13-15(19(25)23-11-3-4-12-23)5-7-17(14)21-18(24)8-6-16-9-10-20-22(16)2/h5,7,9-10,13H,3-4,6,8,11-12H2,1-2H3,(H,21,24). The lowest BCUT2D eigenvalue weighted by Gasteiger charge is -2.16. The molecule has 2 amide bonds. The van der Waals surface area contributed by atoms with Gasteiger partial charge >= 0.3 is 0 Å². The second-order valence-corrected chi connectivity index (χ2v) is 6.52. The summed E-state index contributed by atoms with van der Waals surface area (Å²) in [7, 11) is 1.87. The lowest BCUT2D eigenvalue weighted by atomic mass is 10.1. The highest BCUT2D eigenvalue weighted by atomic mass is 16.2. The Morgan fingerprint density at radius 1 is 1.20 bits per heavy atom. The van der Waals surface area contributed by atoms with E-state index in [2.05, 4.69) is 10.4 Å². The largest absolute Gasteiger partial charge is 0.339 e. The van der Waals surface area contributed by atoms with Crippen molar-refractivity contribution in [1.29, 1.82) is 0 Å². The molecule has 1 fully saturated rings. The fraction of sp³-hybridized carbons (Fsp3) is 0.421. The first-order valence-corrected chi connectivity index (χ1v) is 8.71. The van der Waals surface area contributed by atoms with Crippen molar-refractivity contribution in [3.05, 3.63) is 47.3 Å². The maximum atomic E-state index is 12.4. The van der Waals surface area contributed by atoms with Crippen LogP contribution in [-0.4, -0.2) is 39.6 Å². The van der Waals surface area contributed by atoms with Gasteiger partial charge in [0.25, 0.3) is 5.91 Å². The lowest BCUT2D eigenvalue weighted by molar-refractivity contribution is -0.116. The Hall–Kier alpha value is -2.63. The van der Waals surface area contributed by atoms with E-state index >= 15 is 0 Å². The highest BCUT2D eigenvalue weighted by molar-refractivity contribution is 5.96. The van der Waals surface area contributed by atoms with Crippen molar-refractivity contribution in [3.8, 4) is 0 Å². The van der Waals surface area contributed by atoms with Gasteiger partial charge in [-0.25, -0.2) is 0 Å². The van der Waals surface area contributed by atoms with E-state index in [9.17, 15) is 9.59 Å². The van der Waals surface area contributed by atoms with Gasteiger partial charge in [0.15, 0.2) is 0 Å². The van der Waals surface area contributed by atoms with E-state index in [0.29, 0.717) is 18.4 Å². The molecule has 1 N–H and O–H groups in total. The predicted molar refractivity (Wildman–Crippen MR) is 96.5 cm³/mol. The molecular formula is C19H24N4O2. The molecule has 2 aromatic rings. The number of nitrogens with one attached hydrogen (secondary N) is 1. The molecule has 3 rings (SSSR count). The molecule has 0 unspecified atom stereocenters. The first-order chi connectivity index (χ1) is 12.0. The molecule has 1 aromatic heterocycles. The minimum atomic E-state index is -0.0390. The van der Waals surface area contributed by atoms with Crippen molar-refractivity contribution in [3.63, 3.8) is 0 Å². The minimum Gasteiger partial charge on any atom is -0.339 e. The van der Waals surface area contributed by atoms with Crippen LogP contribution < -0.4 is 5.32 Å². The number of carbonyl (C=O) groups is 2. The van der Waals surface area contributed by atoms with Crippen LogP contribution in [0.1, 0.15) is 40.9 Å². The van der Waals surface area contributed by atoms with Gasteiger partial charge in [-0.3, -0.25) is 14.3 Å². The van der Waals surface area contributed by atoms with Crippen LogP contribution in [0.5, 0.6) is 0 Å². The van der Waals surface area contributed by atoms with Gasteiger partial charge in [-0.15, -0.1) is 0 Å². The molecule has 1 saturated heterocycles. The van der Waals surface area contributed by atoms with Crippen LogP contribution in [0.3, 0.4) is 0 Å². The Morgan fingerprint density at radius 2 is 1.96 bits per heavy atom. The zero-order valence-electron chi connectivity index (χ0n) is 14.8. The summed E-state index contributed by atoms with van der Waals surface area (Å²) in [5.41, 5.74) is 3.37. The number of benzene rings is 1. The molecule has 0 spiro atoms. The van der Waals surface area contributed by atoms with Crippen molar-refractivity contribution in [1.82, 2.24) is 14.7 Å². The summed E-state index contributed by atoms with van der Waals surface area (Å²) in [6.45, 7) is 3.59. The molecule has 0 atom stereocenters. The van der Waals surface area contributed by atoms with Gasteiger partial charge in [-0.2, -0.15) is 5.10 Å². The molecule has 0 saturated carbocycles. The van der Waals surface area contributed by atoms with E-state index in [1.54, 1.807) is 16.9 Å². The summed E-state index contributed by atoms with van der Waals surface area (Å²) >= 11 is 0. The van der Waals surface area contributed by atoms with Gasteiger partial charge in [0.1, 0.15) is 0 Å². The van der Waals surface area contributed by atoms with Gasteiger partial charge in [0.2, 0.25) is 5.91 Å². The molecule has 0 aliphatic carbocycles. The van der Waals surface area contributed by atoms with Gasteiger partial charge in [0, 0.05) is 49.7 Å². The number of rotatable bonds is 5. The number of hydrogen-bond acceptors (Lipinski definition) is 3. The van der Waals surface area contributed by atoms with E-state index in [0.717, 1.165) is 42.9 Å². The molecule has 1 aliphatic rings. The average Bonchev–Trinajstić information content (AvgIpc) is 3.26. The Morgan fingerprint density at radius 3 is 2.60 bits per heavy atom. The van der Waals surface area contributed by atoms with E-state index in [1.165, 1.54) is 0 Å². The lowest BCUT2D eigenvalue weighted by Crippen LogP contribution is -2.27. The third-order valence-electron chi connectivity index (χ3n) is 4.67. The molecule has 1 aliphatic heterocycles. The fourth-order valence-corrected chi connectivity index (χ4v) is 3.14. The van der Waals surface area contributed by atoms with Crippen LogP contribution in [0.25, 0.3) is 0 Å². The number of amides is 2. The second kappa shape index (κ2) is 7.51. The van der Waals surface area contributed by atoms with Crippen LogP contribution >= 0.6 is 0 Å². The number of nitrogens with zero attached hydrogens (tertiary/aromatic N) is 3. The number of likely N-dealkylation sites (tertiary alicyclic amines) is 1. The predicted octanol–water partition coefficient (Wildman–Crippen LogP) is 2.54. The van der Waals surface area contributed by atoms with E-state index in [1.807, 2.05) is 37.1 Å². The Balaban J connectivity index is 1.59. The number of carbonyl (C=O) groups excluding carboxylic acids is 2. The number of aryl methyl sites for hydroxylation is 3. The maximum Gasteiger partial charge on any atom is 0.253 e. The highest BCUT2D eigenvalue weighted by Crippen LogP contribution is 2.20. The van der Waals surface area contributed by atoms with Crippen LogP contribution in [0.2, 0.25) is 0 Å². The molecular weight excluding hydrogens is 316 g/mol. The molecule has 132 valence electrons. The van der Waals surface area contributed by atoms with Gasteiger partial charge in [-0.05, 0) is 56.0 Å². The quantitative estimate of drug-likeness (QED) is 0.909. The summed E-state index contributed by atoms with van der Waals surface area (Å²) in [4.78, 5) is 26.5. The van der Waals surface area contributed by atoms with Crippen molar-refractivity contribution < 1.29 is 9.59 Å². The van der Waals surface area contributed by atoms with Crippen LogP contribution in [0, 0.1) is 6.92 Å². The van der Waals surface area contributed by atoms with Crippen molar-refractivity contribution in [2.24, 2.45) is 7.05 Å². The smallest absolute Gasteiger partial charge is 0.253 e. The Labute approximate surface area is 147 Å². The number of aromatic nitrogens is 2. The van der Waals surface area contributed by atoms with E-state index in [-0.39, 0.29) is 11.8 Å². The molecule has 0 radical (unpaired) electrons. The molecule has 0 bridgehead atoms. The van der Waals surface area contributed by atoms with Gasteiger partial charge in [0.05, 0.1) is 0 Å². The monoisotopic (exact) mass is 340 g/mol. The van der Waals surface area contributed by atoms with E-state index in [4.69, 9.17) is 0 Å². The number of hydrogen-bond donors (Lipinski definition) is 1. The first-order valence-electron chi connectivity index (χ1n) is 8.71. The SMILES string of the molecule is Cc1cc(C(=O)N2CCCC2)ccc1NC(=O)CCc1ccnn1C. The molecule has 6 nitrogen and oxygen atoms in total.